The van der Waals surface area contributed by atoms with Gasteiger partial charge < -0.3 is 10.2 Å². The lowest BCUT2D eigenvalue weighted by molar-refractivity contribution is 0.0952. The van der Waals surface area contributed by atoms with Crippen molar-refractivity contribution in [2.75, 3.05) is 18.5 Å². The van der Waals surface area contributed by atoms with Gasteiger partial charge in [0.05, 0.1) is 0 Å². The van der Waals surface area contributed by atoms with E-state index in [2.05, 4.69) is 16.4 Å². The Bertz CT molecular complexity index is 983. The van der Waals surface area contributed by atoms with Crippen molar-refractivity contribution in [1.82, 2.24) is 15.3 Å². The van der Waals surface area contributed by atoms with Gasteiger partial charge in [-0.2, -0.15) is 0 Å². The number of aryl methyl sites for hydroxylation is 1. The van der Waals surface area contributed by atoms with Crippen molar-refractivity contribution >= 4 is 17.4 Å². The first kappa shape index (κ1) is 18.2. The number of carbonyl (C=O) groups excluding carboxylic acids is 1. The van der Waals surface area contributed by atoms with Crippen molar-refractivity contribution in [1.29, 1.82) is 0 Å². The number of nitrogens with zero attached hydrogens (tertiary/aromatic N) is 3. The van der Waals surface area contributed by atoms with Crippen molar-refractivity contribution in [3.05, 3.63) is 71.9 Å². The topological polar surface area (TPSA) is 58.1 Å². The van der Waals surface area contributed by atoms with E-state index in [0.717, 1.165) is 16.8 Å². The quantitative estimate of drug-likeness (QED) is 0.698. The summed E-state index contributed by atoms with van der Waals surface area (Å²) in [6.45, 7) is 2.76. The average Bonchev–Trinajstić information content (AvgIpc) is 3.56. The number of rotatable bonds is 6. The zero-order valence-corrected chi connectivity index (χ0v) is 16.2. The zero-order valence-electron chi connectivity index (χ0n) is 16.2. The Hall–Kier alpha value is -3.21. The number of hydrogen-bond donors (Lipinski definition) is 1. The molecule has 1 heterocycles. The van der Waals surface area contributed by atoms with Gasteiger partial charge in [-0.05, 0) is 43.9 Å². The van der Waals surface area contributed by atoms with Crippen LogP contribution in [0.5, 0.6) is 0 Å². The third kappa shape index (κ3) is 4.03. The summed E-state index contributed by atoms with van der Waals surface area (Å²) in [7, 11) is 1.93. The van der Waals surface area contributed by atoms with Crippen molar-refractivity contribution in [2.45, 2.75) is 19.8 Å². The highest BCUT2D eigenvalue weighted by Crippen LogP contribution is 2.29. The van der Waals surface area contributed by atoms with E-state index in [1.165, 1.54) is 12.8 Å². The molecule has 0 radical (unpaired) electrons. The number of benzene rings is 2. The maximum atomic E-state index is 12.8. The van der Waals surface area contributed by atoms with Crippen molar-refractivity contribution < 1.29 is 4.79 Å². The van der Waals surface area contributed by atoms with Crippen LogP contribution in [0.25, 0.3) is 11.4 Å². The van der Waals surface area contributed by atoms with Crippen LogP contribution in [0.3, 0.4) is 0 Å². The molecule has 1 aliphatic rings. The minimum Gasteiger partial charge on any atom is -0.352 e. The molecule has 0 saturated heterocycles. The van der Waals surface area contributed by atoms with Crippen LogP contribution in [0.1, 0.15) is 28.8 Å². The molecule has 142 valence electrons. The molecule has 0 spiro atoms. The molecule has 5 heteroatoms. The highest BCUT2D eigenvalue weighted by Gasteiger charge is 2.24. The van der Waals surface area contributed by atoms with Crippen LogP contribution < -0.4 is 10.2 Å². The van der Waals surface area contributed by atoms with Gasteiger partial charge in [0.15, 0.2) is 5.82 Å². The van der Waals surface area contributed by atoms with Gasteiger partial charge in [-0.25, -0.2) is 9.97 Å². The molecule has 5 nitrogen and oxygen atoms in total. The monoisotopic (exact) mass is 372 g/mol. The van der Waals surface area contributed by atoms with Gasteiger partial charge in [-0.3, -0.25) is 4.79 Å². The molecule has 0 atom stereocenters. The standard InChI is InChI=1S/C23H24N4O/c1-16-7-6-8-18(13-16)21-24-15-20(23(28)25-14-17-11-12-17)22(26-21)27(2)19-9-4-3-5-10-19/h3-10,13,15,17H,11-12,14H2,1-2H3,(H,25,28). The Balaban J connectivity index is 1.73. The van der Waals surface area contributed by atoms with Gasteiger partial charge in [0.2, 0.25) is 0 Å². The maximum Gasteiger partial charge on any atom is 0.256 e. The van der Waals surface area contributed by atoms with Gasteiger partial charge in [0, 0.05) is 31.0 Å². The molecule has 28 heavy (non-hydrogen) atoms. The van der Waals surface area contributed by atoms with Gasteiger partial charge in [-0.15, -0.1) is 0 Å². The Morgan fingerprint density at radius 2 is 1.93 bits per heavy atom. The van der Waals surface area contributed by atoms with Crippen molar-refractivity contribution in [3.8, 4) is 11.4 Å². The minimum atomic E-state index is -0.125. The number of carbonyl (C=O) groups is 1. The summed E-state index contributed by atoms with van der Waals surface area (Å²) >= 11 is 0. The smallest absolute Gasteiger partial charge is 0.256 e. The molecule has 4 rings (SSSR count). The Morgan fingerprint density at radius 1 is 1.14 bits per heavy atom. The first-order valence-corrected chi connectivity index (χ1v) is 9.63. The van der Waals surface area contributed by atoms with E-state index in [4.69, 9.17) is 4.98 Å². The fourth-order valence-electron chi connectivity index (χ4n) is 3.14. The summed E-state index contributed by atoms with van der Waals surface area (Å²) in [4.78, 5) is 24.0. The first-order valence-electron chi connectivity index (χ1n) is 9.63. The molecule has 2 aromatic carbocycles. The molecular weight excluding hydrogens is 348 g/mol. The van der Waals surface area contributed by atoms with E-state index < -0.39 is 0 Å². The molecule has 0 aliphatic heterocycles. The Labute approximate surface area is 165 Å². The van der Waals surface area contributed by atoms with Gasteiger partial charge in [0.25, 0.3) is 5.91 Å². The van der Waals surface area contributed by atoms with E-state index in [-0.39, 0.29) is 5.91 Å². The molecule has 0 unspecified atom stereocenters. The molecule has 1 amide bonds. The molecule has 1 aromatic heterocycles. The second-order valence-electron chi connectivity index (χ2n) is 7.35. The van der Waals surface area contributed by atoms with E-state index >= 15 is 0 Å². The zero-order chi connectivity index (χ0) is 19.5. The van der Waals surface area contributed by atoms with E-state index in [1.54, 1.807) is 6.20 Å². The predicted molar refractivity (Wildman–Crippen MR) is 112 cm³/mol. The number of amides is 1. The van der Waals surface area contributed by atoms with E-state index in [9.17, 15) is 4.79 Å². The van der Waals surface area contributed by atoms with Gasteiger partial charge in [0.1, 0.15) is 11.4 Å². The Kier molecular flexibility index (Phi) is 5.06. The third-order valence-electron chi connectivity index (χ3n) is 5.00. The number of hydrogen-bond acceptors (Lipinski definition) is 4. The fourth-order valence-corrected chi connectivity index (χ4v) is 3.14. The number of nitrogens with one attached hydrogen (secondary N) is 1. The normalized spacial score (nSPS) is 13.2. The molecule has 3 aromatic rings. The summed E-state index contributed by atoms with van der Waals surface area (Å²) in [5, 5.41) is 3.03. The first-order chi connectivity index (χ1) is 13.6. The average molecular weight is 372 g/mol. The SMILES string of the molecule is Cc1cccc(-c2ncc(C(=O)NCC3CC3)c(N(C)c3ccccc3)n2)c1. The second kappa shape index (κ2) is 7.80. The van der Waals surface area contributed by atoms with Crippen LogP contribution in [-0.4, -0.2) is 29.5 Å². The van der Waals surface area contributed by atoms with Crippen LogP contribution in [0.15, 0.2) is 60.8 Å². The van der Waals surface area contributed by atoms with Gasteiger partial charge >= 0.3 is 0 Å². The second-order valence-corrected chi connectivity index (χ2v) is 7.35. The molecular formula is C23H24N4O. The lowest BCUT2D eigenvalue weighted by Crippen LogP contribution is -2.28. The van der Waals surface area contributed by atoms with Crippen LogP contribution in [-0.2, 0) is 0 Å². The molecule has 1 aliphatic carbocycles. The molecule has 1 fully saturated rings. The van der Waals surface area contributed by atoms with Crippen LogP contribution in [0.4, 0.5) is 11.5 Å². The Morgan fingerprint density at radius 3 is 2.64 bits per heavy atom. The molecule has 0 bridgehead atoms. The highest BCUT2D eigenvalue weighted by molar-refractivity contribution is 5.99. The number of para-hydroxylation sites is 1. The van der Waals surface area contributed by atoms with E-state index in [1.807, 2.05) is 67.4 Å². The largest absolute Gasteiger partial charge is 0.352 e. The fraction of sp³-hybridized carbons (Fsp3) is 0.261. The maximum absolute atomic E-state index is 12.8. The lowest BCUT2D eigenvalue weighted by atomic mass is 10.1. The predicted octanol–water partition coefficient (Wildman–Crippen LogP) is 4.36. The summed E-state index contributed by atoms with van der Waals surface area (Å²) in [6, 6.07) is 18.0. The van der Waals surface area contributed by atoms with E-state index in [0.29, 0.717) is 29.7 Å². The van der Waals surface area contributed by atoms with Crippen LogP contribution in [0, 0.1) is 12.8 Å². The minimum absolute atomic E-state index is 0.125. The number of aromatic nitrogens is 2. The molecule has 1 N–H and O–H groups in total. The summed E-state index contributed by atoms with van der Waals surface area (Å²) in [5.74, 6) is 1.71. The summed E-state index contributed by atoms with van der Waals surface area (Å²) in [5.41, 5.74) is 3.54. The lowest BCUT2D eigenvalue weighted by Gasteiger charge is -2.21. The number of anilines is 2. The van der Waals surface area contributed by atoms with Crippen LogP contribution in [0.2, 0.25) is 0 Å². The van der Waals surface area contributed by atoms with Crippen molar-refractivity contribution in [3.63, 3.8) is 0 Å². The van der Waals surface area contributed by atoms with Crippen molar-refractivity contribution in [2.24, 2.45) is 5.92 Å². The van der Waals surface area contributed by atoms with Gasteiger partial charge in [-0.1, -0.05) is 42.0 Å². The summed E-state index contributed by atoms with van der Waals surface area (Å²) in [6.07, 6.45) is 4.03. The highest BCUT2D eigenvalue weighted by atomic mass is 16.1. The molecule has 1 saturated carbocycles. The third-order valence-corrected chi connectivity index (χ3v) is 5.00. The van der Waals surface area contributed by atoms with Crippen LogP contribution >= 0.6 is 0 Å². The summed E-state index contributed by atoms with van der Waals surface area (Å²) < 4.78 is 0.